The molecule has 7 nitrogen and oxygen atoms in total. The van der Waals surface area contributed by atoms with Gasteiger partial charge in [-0.15, -0.1) is 0 Å². The van der Waals surface area contributed by atoms with E-state index < -0.39 is 6.04 Å². The largest absolute Gasteiger partial charge is 0.371 e. The highest BCUT2D eigenvalue weighted by molar-refractivity contribution is 5.97. The number of nitrogens with zero attached hydrogens (tertiary/aromatic N) is 4. The van der Waals surface area contributed by atoms with Crippen LogP contribution in [0, 0.1) is 13.8 Å². The predicted octanol–water partition coefficient (Wildman–Crippen LogP) is 2.66. The monoisotopic (exact) mass is 338 g/mol. The number of carbonyl (C=O) groups excluding carboxylic acids is 1. The van der Waals surface area contributed by atoms with E-state index in [1.54, 1.807) is 15.6 Å². The molecule has 0 bridgehead atoms. The van der Waals surface area contributed by atoms with Crippen molar-refractivity contribution in [2.45, 2.75) is 26.8 Å². The van der Waals surface area contributed by atoms with Crippen LogP contribution in [0.4, 0.5) is 11.4 Å². The third-order valence-electron chi connectivity index (χ3n) is 4.14. The molecule has 2 aromatic heterocycles. The van der Waals surface area contributed by atoms with Crippen LogP contribution in [0.25, 0.3) is 5.69 Å². The van der Waals surface area contributed by atoms with E-state index in [9.17, 15) is 4.79 Å². The van der Waals surface area contributed by atoms with Crippen molar-refractivity contribution in [1.29, 1.82) is 0 Å². The Morgan fingerprint density at radius 1 is 1.20 bits per heavy atom. The number of aromatic nitrogens is 4. The Morgan fingerprint density at radius 2 is 1.92 bits per heavy atom. The van der Waals surface area contributed by atoms with Crippen LogP contribution in [0.5, 0.6) is 0 Å². The van der Waals surface area contributed by atoms with Crippen molar-refractivity contribution >= 4 is 17.3 Å². The van der Waals surface area contributed by atoms with Crippen LogP contribution in [0.3, 0.4) is 0 Å². The Hall–Kier alpha value is -3.09. The molecule has 0 fully saturated rings. The molecule has 2 N–H and O–H groups in total. The summed E-state index contributed by atoms with van der Waals surface area (Å²) in [5.74, 6) is -0.119. The SMILES string of the molecule is Cc1nn(C)c(C)c1NC(=O)[C@@H](C)Nc1cnn(-c2ccccc2)c1. The molecule has 3 rings (SSSR count). The molecule has 0 unspecified atom stereocenters. The van der Waals surface area contributed by atoms with Crippen molar-refractivity contribution in [1.82, 2.24) is 19.6 Å². The van der Waals surface area contributed by atoms with Gasteiger partial charge >= 0.3 is 0 Å². The first-order valence-electron chi connectivity index (χ1n) is 8.13. The van der Waals surface area contributed by atoms with Gasteiger partial charge in [-0.3, -0.25) is 9.48 Å². The molecule has 25 heavy (non-hydrogen) atoms. The van der Waals surface area contributed by atoms with Gasteiger partial charge < -0.3 is 10.6 Å². The molecule has 0 saturated carbocycles. The standard InChI is InChI=1S/C18H22N6O/c1-12-17(14(3)23(4)22-12)21-18(25)13(2)20-15-10-19-24(11-15)16-8-6-5-7-9-16/h5-11,13,20H,1-4H3,(H,21,25)/t13-/m1/s1. The average molecular weight is 338 g/mol. The van der Waals surface area contributed by atoms with Crippen LogP contribution in [0.1, 0.15) is 18.3 Å². The molecule has 0 radical (unpaired) electrons. The summed E-state index contributed by atoms with van der Waals surface area (Å²) in [5.41, 5.74) is 4.24. The fraction of sp³-hybridized carbons (Fsp3) is 0.278. The minimum atomic E-state index is -0.410. The smallest absolute Gasteiger partial charge is 0.246 e. The van der Waals surface area contributed by atoms with E-state index in [2.05, 4.69) is 20.8 Å². The second-order valence-corrected chi connectivity index (χ2v) is 6.03. The molecule has 0 spiro atoms. The second-order valence-electron chi connectivity index (χ2n) is 6.03. The second kappa shape index (κ2) is 6.80. The minimum Gasteiger partial charge on any atom is -0.371 e. The zero-order valence-electron chi connectivity index (χ0n) is 14.8. The molecule has 2 heterocycles. The molecule has 0 aliphatic heterocycles. The number of anilines is 2. The molecule has 1 atom stereocenters. The lowest BCUT2D eigenvalue weighted by molar-refractivity contribution is -0.116. The summed E-state index contributed by atoms with van der Waals surface area (Å²) in [5, 5.41) is 14.8. The highest BCUT2D eigenvalue weighted by Crippen LogP contribution is 2.19. The van der Waals surface area contributed by atoms with Gasteiger partial charge in [-0.05, 0) is 32.9 Å². The third-order valence-corrected chi connectivity index (χ3v) is 4.14. The van der Waals surface area contributed by atoms with Gasteiger partial charge in [0.25, 0.3) is 0 Å². The number of carbonyl (C=O) groups is 1. The lowest BCUT2D eigenvalue weighted by Gasteiger charge is -2.14. The van der Waals surface area contributed by atoms with E-state index >= 15 is 0 Å². The molecular formula is C18H22N6O. The Bertz CT molecular complexity index is 880. The van der Waals surface area contributed by atoms with Crippen molar-refractivity contribution in [3.63, 3.8) is 0 Å². The summed E-state index contributed by atoms with van der Waals surface area (Å²) in [7, 11) is 1.86. The Balaban J connectivity index is 1.67. The Labute approximate surface area is 146 Å². The number of para-hydroxylation sites is 1. The van der Waals surface area contributed by atoms with E-state index in [-0.39, 0.29) is 5.91 Å². The summed E-state index contributed by atoms with van der Waals surface area (Å²) in [4.78, 5) is 12.5. The molecule has 130 valence electrons. The molecule has 1 aromatic carbocycles. The highest BCUT2D eigenvalue weighted by atomic mass is 16.2. The topological polar surface area (TPSA) is 76.8 Å². The summed E-state index contributed by atoms with van der Waals surface area (Å²) in [6.45, 7) is 5.62. The number of rotatable bonds is 5. The van der Waals surface area contributed by atoms with E-state index in [1.165, 1.54) is 0 Å². The summed E-state index contributed by atoms with van der Waals surface area (Å²) in [6.07, 6.45) is 3.57. The Kier molecular flexibility index (Phi) is 4.56. The zero-order valence-corrected chi connectivity index (χ0v) is 14.8. The zero-order chi connectivity index (χ0) is 18.0. The highest BCUT2D eigenvalue weighted by Gasteiger charge is 2.18. The first-order chi connectivity index (χ1) is 12.0. The lowest BCUT2D eigenvalue weighted by atomic mass is 10.2. The third kappa shape index (κ3) is 3.55. The van der Waals surface area contributed by atoms with E-state index in [0.717, 1.165) is 28.5 Å². The van der Waals surface area contributed by atoms with Gasteiger partial charge in [-0.25, -0.2) is 4.68 Å². The quantitative estimate of drug-likeness (QED) is 0.750. The first kappa shape index (κ1) is 16.8. The van der Waals surface area contributed by atoms with Gasteiger partial charge in [-0.1, -0.05) is 18.2 Å². The van der Waals surface area contributed by atoms with Crippen LogP contribution in [-0.2, 0) is 11.8 Å². The van der Waals surface area contributed by atoms with E-state index in [4.69, 9.17) is 0 Å². The molecular weight excluding hydrogens is 316 g/mol. The number of amides is 1. The minimum absolute atomic E-state index is 0.119. The van der Waals surface area contributed by atoms with E-state index in [1.807, 2.05) is 64.3 Å². The van der Waals surface area contributed by atoms with Gasteiger partial charge in [0.1, 0.15) is 6.04 Å². The fourth-order valence-electron chi connectivity index (χ4n) is 2.62. The lowest BCUT2D eigenvalue weighted by Crippen LogP contribution is -2.32. The van der Waals surface area contributed by atoms with Crippen LogP contribution >= 0.6 is 0 Å². The van der Waals surface area contributed by atoms with Crippen molar-refractivity contribution in [2.75, 3.05) is 10.6 Å². The maximum Gasteiger partial charge on any atom is 0.246 e. The predicted molar refractivity (Wildman–Crippen MR) is 98.0 cm³/mol. The molecule has 3 aromatic rings. The number of benzene rings is 1. The molecule has 7 heteroatoms. The Morgan fingerprint density at radius 3 is 2.56 bits per heavy atom. The van der Waals surface area contributed by atoms with Crippen LogP contribution in [0.2, 0.25) is 0 Å². The van der Waals surface area contributed by atoms with Gasteiger partial charge in [0.15, 0.2) is 0 Å². The first-order valence-corrected chi connectivity index (χ1v) is 8.13. The van der Waals surface area contributed by atoms with Crippen molar-refractivity contribution in [3.8, 4) is 5.69 Å². The van der Waals surface area contributed by atoms with Crippen molar-refractivity contribution in [2.24, 2.45) is 7.05 Å². The molecule has 1 amide bonds. The maximum absolute atomic E-state index is 12.5. The number of hydrogen-bond acceptors (Lipinski definition) is 4. The molecule has 0 saturated heterocycles. The van der Waals surface area contributed by atoms with Crippen LogP contribution < -0.4 is 10.6 Å². The van der Waals surface area contributed by atoms with Crippen LogP contribution in [0.15, 0.2) is 42.7 Å². The van der Waals surface area contributed by atoms with Crippen molar-refractivity contribution < 1.29 is 4.79 Å². The summed E-state index contributed by atoms with van der Waals surface area (Å²) >= 11 is 0. The van der Waals surface area contributed by atoms with Gasteiger partial charge in [0.05, 0.1) is 40.8 Å². The summed E-state index contributed by atoms with van der Waals surface area (Å²) < 4.78 is 3.52. The van der Waals surface area contributed by atoms with Gasteiger partial charge in [-0.2, -0.15) is 10.2 Å². The van der Waals surface area contributed by atoms with Crippen molar-refractivity contribution in [3.05, 3.63) is 54.1 Å². The van der Waals surface area contributed by atoms with E-state index in [0.29, 0.717) is 0 Å². The fourth-order valence-corrected chi connectivity index (χ4v) is 2.62. The number of aryl methyl sites for hydroxylation is 2. The number of hydrogen-bond donors (Lipinski definition) is 2. The molecule has 0 aliphatic carbocycles. The number of nitrogens with one attached hydrogen (secondary N) is 2. The van der Waals surface area contributed by atoms with Gasteiger partial charge in [0.2, 0.25) is 5.91 Å². The molecule has 0 aliphatic rings. The normalized spacial score (nSPS) is 12.0. The summed E-state index contributed by atoms with van der Waals surface area (Å²) in [6, 6.07) is 9.41. The average Bonchev–Trinajstić information content (AvgIpc) is 3.16. The van der Waals surface area contributed by atoms with Crippen LogP contribution in [-0.4, -0.2) is 31.5 Å². The maximum atomic E-state index is 12.5. The van der Waals surface area contributed by atoms with Gasteiger partial charge in [0, 0.05) is 7.05 Å².